The predicted octanol–water partition coefficient (Wildman–Crippen LogP) is 1.61. The molecule has 1 aromatic rings. The number of carbonyl (C=O) groups excluding carboxylic acids is 1. The van der Waals surface area contributed by atoms with Gasteiger partial charge in [-0.15, -0.1) is 0 Å². The second-order valence-electron chi connectivity index (χ2n) is 5.42. The van der Waals surface area contributed by atoms with Crippen LogP contribution in [0.1, 0.15) is 18.9 Å². The van der Waals surface area contributed by atoms with Crippen molar-refractivity contribution in [3.05, 3.63) is 35.6 Å². The molecule has 0 unspecified atom stereocenters. The fourth-order valence-electron chi connectivity index (χ4n) is 2.65. The second-order valence-corrected chi connectivity index (χ2v) is 5.42. The van der Waals surface area contributed by atoms with Crippen LogP contribution in [-0.2, 0) is 16.0 Å². The van der Waals surface area contributed by atoms with Gasteiger partial charge in [0.15, 0.2) is 0 Å². The number of carbonyl (C=O) groups is 1. The Hall–Kier alpha value is -1.46. The van der Waals surface area contributed by atoms with Gasteiger partial charge in [0.05, 0.1) is 6.10 Å². The van der Waals surface area contributed by atoms with Crippen LogP contribution in [0.3, 0.4) is 0 Å². The molecule has 1 aromatic carbocycles. The standard InChI is InChI=1S/C16H22FNO3/c1-2-21-11-16(20)18-8-7-13(15(19)10-18)9-12-3-5-14(17)6-4-12/h3-6,13,15,19H,2,7-11H2,1H3/t13-,15+/m1/s1. The van der Waals surface area contributed by atoms with Gasteiger partial charge in [-0.2, -0.15) is 0 Å². The smallest absolute Gasteiger partial charge is 0.248 e. The van der Waals surface area contributed by atoms with Gasteiger partial charge in [0, 0.05) is 19.7 Å². The summed E-state index contributed by atoms with van der Waals surface area (Å²) in [6.45, 7) is 3.41. The van der Waals surface area contributed by atoms with Gasteiger partial charge >= 0.3 is 0 Å². The second kappa shape index (κ2) is 7.52. The number of rotatable bonds is 5. The number of aliphatic hydroxyl groups excluding tert-OH is 1. The van der Waals surface area contributed by atoms with Crippen LogP contribution >= 0.6 is 0 Å². The number of hydrogen-bond acceptors (Lipinski definition) is 3. The van der Waals surface area contributed by atoms with Gasteiger partial charge in [-0.3, -0.25) is 4.79 Å². The third-order valence-corrected chi connectivity index (χ3v) is 3.91. The molecule has 1 saturated heterocycles. The Balaban J connectivity index is 1.86. The first-order valence-corrected chi connectivity index (χ1v) is 7.38. The largest absolute Gasteiger partial charge is 0.391 e. The van der Waals surface area contributed by atoms with E-state index in [-0.39, 0.29) is 24.2 Å². The zero-order valence-corrected chi connectivity index (χ0v) is 12.3. The molecule has 0 aromatic heterocycles. The molecule has 5 heteroatoms. The van der Waals surface area contributed by atoms with Crippen LogP contribution in [0.5, 0.6) is 0 Å². The molecular formula is C16H22FNO3. The zero-order chi connectivity index (χ0) is 15.2. The minimum Gasteiger partial charge on any atom is -0.391 e. The van der Waals surface area contributed by atoms with Gasteiger partial charge in [-0.05, 0) is 43.4 Å². The van der Waals surface area contributed by atoms with Crippen LogP contribution in [0.4, 0.5) is 4.39 Å². The molecule has 1 aliphatic heterocycles. The fourth-order valence-corrected chi connectivity index (χ4v) is 2.65. The topological polar surface area (TPSA) is 49.8 Å². The minimum atomic E-state index is -0.547. The first-order valence-electron chi connectivity index (χ1n) is 7.38. The first-order chi connectivity index (χ1) is 10.1. The van der Waals surface area contributed by atoms with Gasteiger partial charge in [0.2, 0.25) is 5.91 Å². The molecule has 0 bridgehead atoms. The van der Waals surface area contributed by atoms with Gasteiger partial charge in [-0.1, -0.05) is 12.1 Å². The number of piperidine rings is 1. The number of benzene rings is 1. The van der Waals surface area contributed by atoms with Crippen LogP contribution in [0, 0.1) is 11.7 Å². The van der Waals surface area contributed by atoms with Crippen molar-refractivity contribution in [3.63, 3.8) is 0 Å². The Kier molecular flexibility index (Phi) is 5.70. The molecule has 1 N–H and O–H groups in total. The number of aliphatic hydroxyl groups is 1. The Labute approximate surface area is 124 Å². The summed E-state index contributed by atoms with van der Waals surface area (Å²) in [5, 5.41) is 10.2. The van der Waals surface area contributed by atoms with E-state index in [4.69, 9.17) is 4.74 Å². The number of ether oxygens (including phenoxy) is 1. The van der Waals surface area contributed by atoms with E-state index in [1.807, 2.05) is 6.92 Å². The van der Waals surface area contributed by atoms with Crippen molar-refractivity contribution >= 4 is 5.91 Å². The van der Waals surface area contributed by atoms with Gasteiger partial charge < -0.3 is 14.7 Å². The summed E-state index contributed by atoms with van der Waals surface area (Å²) in [4.78, 5) is 13.5. The number of likely N-dealkylation sites (tertiary alicyclic amines) is 1. The van der Waals surface area contributed by atoms with Crippen molar-refractivity contribution in [1.82, 2.24) is 4.90 Å². The lowest BCUT2D eigenvalue weighted by atomic mass is 9.88. The quantitative estimate of drug-likeness (QED) is 0.898. The van der Waals surface area contributed by atoms with Crippen LogP contribution < -0.4 is 0 Å². The average molecular weight is 295 g/mol. The lowest BCUT2D eigenvalue weighted by Gasteiger charge is -2.36. The van der Waals surface area contributed by atoms with Crippen molar-refractivity contribution in [3.8, 4) is 0 Å². The predicted molar refractivity (Wildman–Crippen MR) is 77.3 cm³/mol. The van der Waals surface area contributed by atoms with E-state index in [9.17, 15) is 14.3 Å². The van der Waals surface area contributed by atoms with E-state index in [0.29, 0.717) is 26.1 Å². The van der Waals surface area contributed by atoms with Crippen molar-refractivity contribution in [2.24, 2.45) is 5.92 Å². The third-order valence-electron chi connectivity index (χ3n) is 3.91. The Morgan fingerprint density at radius 2 is 2.14 bits per heavy atom. The number of β-amino-alcohol motifs (C(OH)–C–C–N with tert-alkyl or cyclic N) is 1. The Bertz CT molecular complexity index is 463. The Morgan fingerprint density at radius 3 is 2.76 bits per heavy atom. The van der Waals surface area contributed by atoms with E-state index in [2.05, 4.69) is 0 Å². The van der Waals surface area contributed by atoms with Crippen molar-refractivity contribution in [2.45, 2.75) is 25.9 Å². The highest BCUT2D eigenvalue weighted by molar-refractivity contribution is 5.77. The minimum absolute atomic E-state index is 0.0730. The molecule has 0 saturated carbocycles. The molecular weight excluding hydrogens is 273 g/mol. The molecule has 0 radical (unpaired) electrons. The van der Waals surface area contributed by atoms with Crippen LogP contribution in [0.25, 0.3) is 0 Å². The summed E-state index contributed by atoms with van der Waals surface area (Å²) >= 11 is 0. The maximum Gasteiger partial charge on any atom is 0.248 e. The summed E-state index contributed by atoms with van der Waals surface area (Å²) in [7, 11) is 0. The molecule has 1 amide bonds. The molecule has 1 aliphatic rings. The lowest BCUT2D eigenvalue weighted by Crippen LogP contribution is -2.48. The monoisotopic (exact) mass is 295 g/mol. The summed E-state index contributed by atoms with van der Waals surface area (Å²) < 4.78 is 18.0. The first kappa shape index (κ1) is 15.9. The summed E-state index contributed by atoms with van der Waals surface area (Å²) in [6.07, 6.45) is 0.903. The normalized spacial score (nSPS) is 22.3. The molecule has 116 valence electrons. The van der Waals surface area contributed by atoms with Crippen molar-refractivity contribution in [2.75, 3.05) is 26.3 Å². The molecule has 1 fully saturated rings. The average Bonchev–Trinajstić information content (AvgIpc) is 2.49. The van der Waals surface area contributed by atoms with Gasteiger partial charge in [-0.25, -0.2) is 4.39 Å². The number of halogens is 1. The maximum atomic E-state index is 12.9. The van der Waals surface area contributed by atoms with E-state index < -0.39 is 6.10 Å². The maximum absolute atomic E-state index is 12.9. The number of nitrogens with zero attached hydrogens (tertiary/aromatic N) is 1. The molecule has 4 nitrogen and oxygen atoms in total. The van der Waals surface area contributed by atoms with Crippen molar-refractivity contribution < 1.29 is 19.0 Å². The van der Waals surface area contributed by atoms with Gasteiger partial charge in [0.25, 0.3) is 0 Å². The highest BCUT2D eigenvalue weighted by Crippen LogP contribution is 2.22. The third kappa shape index (κ3) is 4.51. The SMILES string of the molecule is CCOCC(=O)N1CC[C@H](Cc2ccc(F)cc2)[C@@H](O)C1. The highest BCUT2D eigenvalue weighted by Gasteiger charge is 2.30. The van der Waals surface area contributed by atoms with Gasteiger partial charge in [0.1, 0.15) is 12.4 Å². The van der Waals surface area contributed by atoms with Crippen LogP contribution in [0.15, 0.2) is 24.3 Å². The van der Waals surface area contributed by atoms with E-state index in [0.717, 1.165) is 12.0 Å². The summed E-state index contributed by atoms with van der Waals surface area (Å²) in [5.41, 5.74) is 1.01. The molecule has 0 aliphatic carbocycles. The molecule has 21 heavy (non-hydrogen) atoms. The molecule has 0 spiro atoms. The van der Waals surface area contributed by atoms with E-state index in [1.54, 1.807) is 17.0 Å². The molecule has 2 rings (SSSR count). The van der Waals surface area contributed by atoms with E-state index in [1.165, 1.54) is 12.1 Å². The Morgan fingerprint density at radius 1 is 1.43 bits per heavy atom. The summed E-state index contributed by atoms with van der Waals surface area (Å²) in [5.74, 6) is -0.224. The van der Waals surface area contributed by atoms with E-state index >= 15 is 0 Å². The zero-order valence-electron chi connectivity index (χ0n) is 12.3. The highest BCUT2D eigenvalue weighted by atomic mass is 19.1. The fraction of sp³-hybridized carbons (Fsp3) is 0.562. The van der Waals surface area contributed by atoms with Crippen LogP contribution in [0.2, 0.25) is 0 Å². The number of amides is 1. The van der Waals surface area contributed by atoms with Crippen LogP contribution in [-0.4, -0.2) is 48.3 Å². The molecule has 1 heterocycles. The molecule has 2 atom stereocenters. The lowest BCUT2D eigenvalue weighted by molar-refractivity contribution is -0.140. The number of hydrogen-bond donors (Lipinski definition) is 1. The van der Waals surface area contributed by atoms with Crippen molar-refractivity contribution in [1.29, 1.82) is 0 Å². The summed E-state index contributed by atoms with van der Waals surface area (Å²) in [6, 6.07) is 6.36.